The van der Waals surface area contributed by atoms with Gasteiger partial charge in [-0.2, -0.15) is 0 Å². The Labute approximate surface area is 135 Å². The normalized spacial score (nSPS) is 11.5. The van der Waals surface area contributed by atoms with Gasteiger partial charge in [-0.15, -0.1) is 0 Å². The zero-order valence-corrected chi connectivity index (χ0v) is 13.8. The lowest BCUT2D eigenvalue weighted by Gasteiger charge is -2.19. The van der Waals surface area contributed by atoms with Crippen molar-refractivity contribution in [3.63, 3.8) is 0 Å². The minimum atomic E-state index is -0.0181. The van der Waals surface area contributed by atoms with Gasteiger partial charge in [0, 0.05) is 17.6 Å². The van der Waals surface area contributed by atoms with E-state index in [0.29, 0.717) is 13.1 Å². The van der Waals surface area contributed by atoms with Crippen molar-refractivity contribution >= 4 is 10.9 Å². The van der Waals surface area contributed by atoms with Crippen molar-refractivity contribution in [2.45, 2.75) is 33.9 Å². The van der Waals surface area contributed by atoms with E-state index in [1.165, 1.54) is 5.56 Å². The van der Waals surface area contributed by atoms with Crippen molar-refractivity contribution in [1.29, 1.82) is 0 Å². The van der Waals surface area contributed by atoms with Gasteiger partial charge in [0.1, 0.15) is 11.5 Å². The second-order valence-corrected chi connectivity index (χ2v) is 6.03. The molecule has 0 saturated carbocycles. The molecule has 2 heterocycles. The van der Waals surface area contributed by atoms with Crippen molar-refractivity contribution in [3.8, 4) is 0 Å². The monoisotopic (exact) mass is 310 g/mol. The highest BCUT2D eigenvalue weighted by Crippen LogP contribution is 2.15. The van der Waals surface area contributed by atoms with Crippen LogP contribution in [0.1, 0.15) is 29.6 Å². The molecule has 0 atom stereocenters. The van der Waals surface area contributed by atoms with Gasteiger partial charge in [0.05, 0.1) is 6.54 Å². The molecule has 0 fully saturated rings. The lowest BCUT2D eigenvalue weighted by atomic mass is 10.1. The van der Waals surface area contributed by atoms with Gasteiger partial charge >= 0.3 is 0 Å². The molecule has 1 N–H and O–H groups in total. The van der Waals surface area contributed by atoms with E-state index in [2.05, 4.69) is 29.8 Å². The molecular formula is C19H22N2O2. The van der Waals surface area contributed by atoms with Crippen LogP contribution in [0.5, 0.6) is 0 Å². The summed E-state index contributed by atoms with van der Waals surface area (Å²) in [5, 5.41) is 1.07. The second kappa shape index (κ2) is 6.42. The number of hydrogen-bond donors (Lipinski definition) is 1. The van der Waals surface area contributed by atoms with E-state index < -0.39 is 0 Å². The first-order valence-corrected chi connectivity index (χ1v) is 7.95. The molecule has 0 saturated heterocycles. The van der Waals surface area contributed by atoms with E-state index >= 15 is 0 Å². The molecule has 0 amide bonds. The lowest BCUT2D eigenvalue weighted by Crippen LogP contribution is -2.26. The van der Waals surface area contributed by atoms with Crippen molar-refractivity contribution < 1.29 is 4.42 Å². The summed E-state index contributed by atoms with van der Waals surface area (Å²) in [5.74, 6) is 1.84. The van der Waals surface area contributed by atoms with Crippen LogP contribution >= 0.6 is 0 Å². The Hall–Kier alpha value is -2.33. The van der Waals surface area contributed by atoms with Crippen molar-refractivity contribution in [2.24, 2.45) is 0 Å². The highest BCUT2D eigenvalue weighted by molar-refractivity contribution is 5.79. The van der Waals surface area contributed by atoms with Gasteiger partial charge in [0.2, 0.25) is 0 Å². The van der Waals surface area contributed by atoms with E-state index in [4.69, 9.17) is 4.42 Å². The number of hydrogen-bond acceptors (Lipinski definition) is 3. The molecule has 1 aromatic carbocycles. The van der Waals surface area contributed by atoms with Gasteiger partial charge in [0.15, 0.2) is 0 Å². The van der Waals surface area contributed by atoms with Crippen LogP contribution in [0.25, 0.3) is 10.9 Å². The molecule has 0 bridgehead atoms. The predicted molar refractivity (Wildman–Crippen MR) is 92.5 cm³/mol. The van der Waals surface area contributed by atoms with E-state index in [1.807, 2.05) is 37.3 Å². The zero-order valence-electron chi connectivity index (χ0n) is 13.8. The van der Waals surface area contributed by atoms with E-state index in [0.717, 1.165) is 34.5 Å². The molecule has 4 heteroatoms. The summed E-state index contributed by atoms with van der Waals surface area (Å²) in [7, 11) is 0. The maximum atomic E-state index is 12.3. The first kappa shape index (κ1) is 15.6. The van der Waals surface area contributed by atoms with Gasteiger partial charge in [-0.3, -0.25) is 9.69 Å². The standard InChI is InChI=1S/C19H22N2O2/c1-4-21(12-17-7-6-14(3)23-17)11-16-10-15-9-13(2)5-8-18(15)20-19(16)22/h5-10H,4,11-12H2,1-3H3,(H,20,22). The SMILES string of the molecule is CCN(Cc1ccc(C)o1)Cc1cc2cc(C)ccc2[nH]c1=O. The first-order valence-electron chi connectivity index (χ1n) is 7.95. The molecule has 3 aromatic rings. The van der Waals surface area contributed by atoms with Crippen LogP contribution in [0.3, 0.4) is 0 Å². The number of furan rings is 1. The molecule has 4 nitrogen and oxygen atoms in total. The Balaban J connectivity index is 1.86. The van der Waals surface area contributed by atoms with Gasteiger partial charge in [-0.25, -0.2) is 0 Å². The smallest absolute Gasteiger partial charge is 0.252 e. The van der Waals surface area contributed by atoms with Crippen LogP contribution < -0.4 is 5.56 Å². The average molecular weight is 310 g/mol. The minimum absolute atomic E-state index is 0.0181. The van der Waals surface area contributed by atoms with E-state index in [1.54, 1.807) is 0 Å². The number of benzene rings is 1. The highest BCUT2D eigenvalue weighted by atomic mass is 16.3. The molecule has 120 valence electrons. The van der Waals surface area contributed by atoms with Crippen LogP contribution in [0, 0.1) is 13.8 Å². The molecule has 0 radical (unpaired) electrons. The molecular weight excluding hydrogens is 288 g/mol. The number of aryl methyl sites for hydroxylation is 2. The molecule has 3 rings (SSSR count). The second-order valence-electron chi connectivity index (χ2n) is 6.03. The van der Waals surface area contributed by atoms with Crippen LogP contribution in [-0.2, 0) is 13.1 Å². The number of pyridine rings is 1. The third kappa shape index (κ3) is 3.54. The van der Waals surface area contributed by atoms with Crippen molar-refractivity contribution in [1.82, 2.24) is 9.88 Å². The van der Waals surface area contributed by atoms with Crippen molar-refractivity contribution in [2.75, 3.05) is 6.54 Å². The number of aromatic amines is 1. The lowest BCUT2D eigenvalue weighted by molar-refractivity contribution is 0.245. The Kier molecular flexibility index (Phi) is 4.35. The third-order valence-electron chi connectivity index (χ3n) is 4.09. The topological polar surface area (TPSA) is 49.2 Å². The largest absolute Gasteiger partial charge is 0.465 e. The Morgan fingerprint density at radius 2 is 1.91 bits per heavy atom. The third-order valence-corrected chi connectivity index (χ3v) is 4.09. The highest BCUT2D eigenvalue weighted by Gasteiger charge is 2.11. The van der Waals surface area contributed by atoms with Crippen LogP contribution in [0.15, 0.2) is 45.6 Å². The summed E-state index contributed by atoms with van der Waals surface area (Å²) in [6.07, 6.45) is 0. The molecule has 23 heavy (non-hydrogen) atoms. The fourth-order valence-corrected chi connectivity index (χ4v) is 2.80. The molecule has 0 aliphatic rings. The number of H-pyrrole nitrogens is 1. The summed E-state index contributed by atoms with van der Waals surface area (Å²) in [5.41, 5.74) is 2.84. The van der Waals surface area contributed by atoms with Crippen LogP contribution in [0.4, 0.5) is 0 Å². The summed E-state index contributed by atoms with van der Waals surface area (Å²) in [6, 6.07) is 12.0. The number of rotatable bonds is 5. The summed E-state index contributed by atoms with van der Waals surface area (Å²) >= 11 is 0. The first-order chi connectivity index (χ1) is 11.0. The molecule has 0 aliphatic carbocycles. The summed E-state index contributed by atoms with van der Waals surface area (Å²) in [4.78, 5) is 17.5. The maximum Gasteiger partial charge on any atom is 0.252 e. The Morgan fingerprint density at radius 1 is 1.09 bits per heavy atom. The van der Waals surface area contributed by atoms with Gasteiger partial charge < -0.3 is 9.40 Å². The Bertz CT molecular complexity index is 876. The summed E-state index contributed by atoms with van der Waals surface area (Å²) in [6.45, 7) is 8.25. The average Bonchev–Trinajstić information content (AvgIpc) is 2.92. The minimum Gasteiger partial charge on any atom is -0.465 e. The molecule has 0 aliphatic heterocycles. The fraction of sp³-hybridized carbons (Fsp3) is 0.316. The summed E-state index contributed by atoms with van der Waals surface area (Å²) < 4.78 is 5.64. The van der Waals surface area contributed by atoms with E-state index in [9.17, 15) is 4.79 Å². The van der Waals surface area contributed by atoms with Crippen LogP contribution in [-0.4, -0.2) is 16.4 Å². The number of fused-ring (bicyclic) bond motifs is 1. The Morgan fingerprint density at radius 3 is 2.61 bits per heavy atom. The maximum absolute atomic E-state index is 12.3. The van der Waals surface area contributed by atoms with Crippen molar-refractivity contribution in [3.05, 3.63) is 69.4 Å². The molecule has 0 spiro atoms. The fourth-order valence-electron chi connectivity index (χ4n) is 2.80. The van der Waals surface area contributed by atoms with Crippen LogP contribution in [0.2, 0.25) is 0 Å². The number of nitrogens with zero attached hydrogens (tertiary/aromatic N) is 1. The number of nitrogens with one attached hydrogen (secondary N) is 1. The van der Waals surface area contributed by atoms with Gasteiger partial charge in [-0.05, 0) is 56.1 Å². The molecule has 0 unspecified atom stereocenters. The molecule has 2 aromatic heterocycles. The van der Waals surface area contributed by atoms with E-state index in [-0.39, 0.29) is 5.56 Å². The quantitative estimate of drug-likeness (QED) is 0.780. The predicted octanol–water partition coefficient (Wildman–Crippen LogP) is 3.76. The number of aromatic nitrogens is 1. The van der Waals surface area contributed by atoms with Gasteiger partial charge in [0.25, 0.3) is 5.56 Å². The van der Waals surface area contributed by atoms with Gasteiger partial charge in [-0.1, -0.05) is 18.6 Å². The zero-order chi connectivity index (χ0) is 16.4.